The van der Waals surface area contributed by atoms with Gasteiger partial charge < -0.3 is 10.6 Å². The maximum absolute atomic E-state index is 12.9. The number of halogens is 1. The molecule has 2 N–H and O–H groups in total. The number of carbonyl (C=O) groups excluding carboxylic acids is 1. The van der Waals surface area contributed by atoms with Crippen molar-refractivity contribution >= 4 is 11.6 Å². The van der Waals surface area contributed by atoms with Crippen molar-refractivity contribution in [1.82, 2.24) is 0 Å². The van der Waals surface area contributed by atoms with E-state index in [1.807, 2.05) is 30.3 Å². The number of rotatable bonds is 4. The standard InChI is InChI=1S/C15H15FN2O/c16-13-8-6-12(7-9-13)15(19)18(11-10-17)14-4-2-1-3-5-14/h1-9H,10-11,17H2. The van der Waals surface area contributed by atoms with Crippen molar-refractivity contribution in [3.8, 4) is 0 Å². The Bertz CT molecular complexity index is 540. The number of nitrogens with zero attached hydrogens (tertiary/aromatic N) is 1. The van der Waals surface area contributed by atoms with Crippen LogP contribution in [0.1, 0.15) is 10.4 Å². The number of hydrogen-bond acceptors (Lipinski definition) is 2. The molecular formula is C15H15FN2O. The fraction of sp³-hybridized carbons (Fsp3) is 0.133. The van der Waals surface area contributed by atoms with E-state index in [0.717, 1.165) is 5.69 Å². The zero-order valence-electron chi connectivity index (χ0n) is 10.4. The molecule has 3 nitrogen and oxygen atoms in total. The Morgan fingerprint density at radius 2 is 1.68 bits per heavy atom. The summed E-state index contributed by atoms with van der Waals surface area (Å²) < 4.78 is 12.9. The second-order valence-corrected chi connectivity index (χ2v) is 4.09. The molecule has 0 unspecified atom stereocenters. The second kappa shape index (κ2) is 6.11. The van der Waals surface area contributed by atoms with Gasteiger partial charge in [-0.15, -0.1) is 0 Å². The highest BCUT2D eigenvalue weighted by Crippen LogP contribution is 2.16. The first kappa shape index (κ1) is 13.2. The van der Waals surface area contributed by atoms with Crippen molar-refractivity contribution in [2.45, 2.75) is 0 Å². The van der Waals surface area contributed by atoms with Crippen LogP contribution in [0.2, 0.25) is 0 Å². The van der Waals surface area contributed by atoms with Gasteiger partial charge in [-0.1, -0.05) is 18.2 Å². The van der Waals surface area contributed by atoms with Gasteiger partial charge in [0, 0.05) is 24.3 Å². The van der Waals surface area contributed by atoms with Gasteiger partial charge in [0.15, 0.2) is 0 Å². The maximum Gasteiger partial charge on any atom is 0.258 e. The summed E-state index contributed by atoms with van der Waals surface area (Å²) in [6.45, 7) is 0.780. The van der Waals surface area contributed by atoms with Gasteiger partial charge in [-0.05, 0) is 36.4 Å². The summed E-state index contributed by atoms with van der Waals surface area (Å²) in [4.78, 5) is 14.0. The summed E-state index contributed by atoms with van der Waals surface area (Å²) in [5.74, 6) is -0.543. The lowest BCUT2D eigenvalue weighted by Crippen LogP contribution is -2.35. The largest absolute Gasteiger partial charge is 0.329 e. The lowest BCUT2D eigenvalue weighted by Gasteiger charge is -2.22. The molecule has 19 heavy (non-hydrogen) atoms. The van der Waals surface area contributed by atoms with E-state index in [0.29, 0.717) is 18.7 Å². The smallest absolute Gasteiger partial charge is 0.258 e. The first-order valence-corrected chi connectivity index (χ1v) is 6.05. The van der Waals surface area contributed by atoms with Gasteiger partial charge in [-0.2, -0.15) is 0 Å². The molecule has 2 aromatic carbocycles. The molecule has 0 aromatic heterocycles. The van der Waals surface area contributed by atoms with E-state index in [1.165, 1.54) is 24.3 Å². The van der Waals surface area contributed by atoms with E-state index in [1.54, 1.807) is 4.90 Å². The molecule has 0 radical (unpaired) electrons. The quantitative estimate of drug-likeness (QED) is 0.915. The van der Waals surface area contributed by atoms with E-state index in [9.17, 15) is 9.18 Å². The Kier molecular flexibility index (Phi) is 4.26. The van der Waals surface area contributed by atoms with Crippen molar-refractivity contribution < 1.29 is 9.18 Å². The van der Waals surface area contributed by atoms with Crippen LogP contribution in [0, 0.1) is 5.82 Å². The van der Waals surface area contributed by atoms with Crippen LogP contribution < -0.4 is 10.6 Å². The van der Waals surface area contributed by atoms with E-state index in [4.69, 9.17) is 5.73 Å². The Hall–Kier alpha value is -2.20. The average molecular weight is 258 g/mol. The van der Waals surface area contributed by atoms with Crippen LogP contribution in [-0.4, -0.2) is 19.0 Å². The molecule has 2 aromatic rings. The normalized spacial score (nSPS) is 10.2. The highest BCUT2D eigenvalue weighted by Gasteiger charge is 2.16. The van der Waals surface area contributed by atoms with Crippen molar-refractivity contribution in [2.24, 2.45) is 5.73 Å². The Morgan fingerprint density at radius 1 is 1.05 bits per heavy atom. The average Bonchev–Trinajstić information content (AvgIpc) is 2.46. The third-order valence-electron chi connectivity index (χ3n) is 2.76. The second-order valence-electron chi connectivity index (χ2n) is 4.09. The predicted octanol–water partition coefficient (Wildman–Crippen LogP) is 2.43. The summed E-state index contributed by atoms with van der Waals surface area (Å²) in [6.07, 6.45) is 0. The molecule has 0 fully saturated rings. The van der Waals surface area contributed by atoms with Crippen molar-refractivity contribution in [2.75, 3.05) is 18.0 Å². The highest BCUT2D eigenvalue weighted by atomic mass is 19.1. The Morgan fingerprint density at radius 3 is 2.26 bits per heavy atom. The third-order valence-corrected chi connectivity index (χ3v) is 2.76. The minimum absolute atomic E-state index is 0.184. The number of carbonyl (C=O) groups is 1. The van der Waals surface area contributed by atoms with Crippen molar-refractivity contribution in [1.29, 1.82) is 0 Å². The SMILES string of the molecule is NCCN(C(=O)c1ccc(F)cc1)c1ccccc1. The van der Waals surface area contributed by atoms with Gasteiger partial charge >= 0.3 is 0 Å². The number of para-hydroxylation sites is 1. The van der Waals surface area contributed by atoms with Gasteiger partial charge in [-0.3, -0.25) is 4.79 Å². The van der Waals surface area contributed by atoms with Crippen molar-refractivity contribution in [3.63, 3.8) is 0 Å². The van der Waals surface area contributed by atoms with Crippen LogP contribution in [-0.2, 0) is 0 Å². The van der Waals surface area contributed by atoms with Crippen LogP contribution in [0.3, 0.4) is 0 Å². The summed E-state index contributed by atoms with van der Waals surface area (Å²) in [6, 6.07) is 14.8. The first-order valence-electron chi connectivity index (χ1n) is 6.05. The molecule has 0 heterocycles. The Labute approximate surface area is 111 Å². The molecule has 4 heteroatoms. The van der Waals surface area contributed by atoms with Gasteiger partial charge in [-0.25, -0.2) is 4.39 Å². The molecule has 0 atom stereocenters. The molecule has 1 amide bonds. The maximum atomic E-state index is 12.9. The number of anilines is 1. The fourth-order valence-electron chi connectivity index (χ4n) is 1.83. The van der Waals surface area contributed by atoms with Crippen LogP contribution in [0.4, 0.5) is 10.1 Å². The molecule has 0 bridgehead atoms. The van der Waals surface area contributed by atoms with Gasteiger partial charge in [0.05, 0.1) is 0 Å². The Balaban J connectivity index is 2.29. The van der Waals surface area contributed by atoms with Gasteiger partial charge in [0.1, 0.15) is 5.82 Å². The van der Waals surface area contributed by atoms with E-state index < -0.39 is 0 Å². The number of nitrogens with two attached hydrogens (primary N) is 1. The first-order chi connectivity index (χ1) is 9.22. The molecule has 98 valence electrons. The summed E-state index contributed by atoms with van der Waals surface area (Å²) in [5.41, 5.74) is 6.78. The fourth-order valence-corrected chi connectivity index (χ4v) is 1.83. The molecule has 0 aliphatic heterocycles. The summed E-state index contributed by atoms with van der Waals surface area (Å²) in [5, 5.41) is 0. The monoisotopic (exact) mass is 258 g/mol. The van der Waals surface area contributed by atoms with Crippen LogP contribution in [0.5, 0.6) is 0 Å². The topological polar surface area (TPSA) is 46.3 Å². The molecule has 2 rings (SSSR count). The molecule has 0 spiro atoms. The summed E-state index contributed by atoms with van der Waals surface area (Å²) >= 11 is 0. The number of amides is 1. The van der Waals surface area contributed by atoms with Gasteiger partial charge in [0.2, 0.25) is 0 Å². The number of hydrogen-bond donors (Lipinski definition) is 1. The molecular weight excluding hydrogens is 243 g/mol. The minimum atomic E-state index is -0.360. The van der Waals surface area contributed by atoms with E-state index in [-0.39, 0.29) is 11.7 Å². The molecule has 0 saturated carbocycles. The van der Waals surface area contributed by atoms with Crippen LogP contribution in [0.25, 0.3) is 0 Å². The minimum Gasteiger partial charge on any atom is -0.329 e. The van der Waals surface area contributed by atoms with E-state index >= 15 is 0 Å². The highest BCUT2D eigenvalue weighted by molar-refractivity contribution is 6.06. The zero-order valence-corrected chi connectivity index (χ0v) is 10.4. The lowest BCUT2D eigenvalue weighted by atomic mass is 10.1. The van der Waals surface area contributed by atoms with Crippen LogP contribution >= 0.6 is 0 Å². The molecule has 0 aliphatic rings. The summed E-state index contributed by atoms with van der Waals surface area (Å²) in [7, 11) is 0. The molecule has 0 aliphatic carbocycles. The van der Waals surface area contributed by atoms with Crippen LogP contribution in [0.15, 0.2) is 54.6 Å². The molecule has 0 saturated heterocycles. The lowest BCUT2D eigenvalue weighted by molar-refractivity contribution is 0.0987. The van der Waals surface area contributed by atoms with E-state index in [2.05, 4.69) is 0 Å². The van der Waals surface area contributed by atoms with Crippen molar-refractivity contribution in [3.05, 3.63) is 66.0 Å². The number of benzene rings is 2. The van der Waals surface area contributed by atoms with Gasteiger partial charge in [0.25, 0.3) is 5.91 Å². The zero-order chi connectivity index (χ0) is 13.7. The third kappa shape index (κ3) is 3.17. The predicted molar refractivity (Wildman–Crippen MR) is 73.6 cm³/mol.